The van der Waals surface area contributed by atoms with E-state index in [0.29, 0.717) is 17.3 Å². The number of nitrogens with zero attached hydrogens (tertiary/aromatic N) is 4. The molecule has 0 bridgehead atoms. The minimum Gasteiger partial charge on any atom is -0.347 e. The van der Waals surface area contributed by atoms with Crippen molar-refractivity contribution in [3.8, 4) is 11.4 Å². The smallest absolute Gasteiger partial charge is 0.179 e. The third kappa shape index (κ3) is 2.56. The summed E-state index contributed by atoms with van der Waals surface area (Å²) in [6.45, 7) is 5.30. The second kappa shape index (κ2) is 5.47. The molecule has 2 heterocycles. The molecule has 0 saturated carbocycles. The molecule has 0 unspecified atom stereocenters. The molecule has 0 spiro atoms. The fourth-order valence-corrected chi connectivity index (χ4v) is 2.43. The molecule has 1 aromatic carbocycles. The van der Waals surface area contributed by atoms with Crippen LogP contribution >= 0.6 is 0 Å². The van der Waals surface area contributed by atoms with Crippen molar-refractivity contribution >= 4 is 17.2 Å². The summed E-state index contributed by atoms with van der Waals surface area (Å²) in [7, 11) is 0. The highest BCUT2D eigenvalue weighted by Gasteiger charge is 2.11. The van der Waals surface area contributed by atoms with Gasteiger partial charge in [0, 0.05) is 34.8 Å². The number of carbonyl (C=O) groups excluding carboxylic acids is 1. The van der Waals surface area contributed by atoms with Crippen LogP contribution in [0.4, 0.5) is 0 Å². The van der Waals surface area contributed by atoms with Crippen LogP contribution in [0.15, 0.2) is 24.4 Å². The van der Waals surface area contributed by atoms with Crippen LogP contribution in [-0.4, -0.2) is 31.5 Å². The van der Waals surface area contributed by atoms with Crippen LogP contribution in [0, 0.1) is 5.92 Å². The van der Waals surface area contributed by atoms with Gasteiger partial charge in [-0.15, -0.1) is 5.10 Å². The van der Waals surface area contributed by atoms with Crippen LogP contribution in [0.2, 0.25) is 0 Å². The summed E-state index contributed by atoms with van der Waals surface area (Å²) in [6.07, 6.45) is 3.90. The summed E-state index contributed by atoms with van der Waals surface area (Å²) in [4.78, 5) is 11.3. The van der Waals surface area contributed by atoms with E-state index in [1.54, 1.807) is 0 Å². The zero-order chi connectivity index (χ0) is 14.8. The first-order valence-electron chi connectivity index (χ1n) is 7.01. The van der Waals surface area contributed by atoms with Crippen molar-refractivity contribution in [2.24, 2.45) is 5.92 Å². The maximum Gasteiger partial charge on any atom is 0.179 e. The Morgan fingerprint density at radius 3 is 2.90 bits per heavy atom. The zero-order valence-electron chi connectivity index (χ0n) is 12.1. The molecule has 6 nitrogen and oxygen atoms in total. The van der Waals surface area contributed by atoms with Crippen molar-refractivity contribution in [2.75, 3.05) is 0 Å². The minimum absolute atomic E-state index is 0.601. The van der Waals surface area contributed by atoms with E-state index in [1.165, 1.54) is 0 Å². The molecular formula is C15H17N5O. The average Bonchev–Trinajstić information content (AvgIpc) is 3.12. The number of nitrogens with one attached hydrogen (secondary N) is 1. The van der Waals surface area contributed by atoms with Crippen molar-refractivity contribution < 1.29 is 4.79 Å². The van der Waals surface area contributed by atoms with Crippen molar-refractivity contribution in [1.82, 2.24) is 25.2 Å². The molecule has 2 aromatic heterocycles. The number of hydrogen-bond acceptors (Lipinski definition) is 4. The number of tetrazole rings is 1. The van der Waals surface area contributed by atoms with E-state index in [2.05, 4.69) is 39.0 Å². The van der Waals surface area contributed by atoms with E-state index >= 15 is 0 Å². The number of aldehydes is 1. The van der Waals surface area contributed by atoms with Crippen LogP contribution in [-0.2, 0) is 6.54 Å². The van der Waals surface area contributed by atoms with Gasteiger partial charge in [0.05, 0.1) is 0 Å². The van der Waals surface area contributed by atoms with Gasteiger partial charge in [-0.3, -0.25) is 4.79 Å². The van der Waals surface area contributed by atoms with E-state index in [0.717, 1.165) is 35.7 Å². The van der Waals surface area contributed by atoms with Crippen LogP contribution < -0.4 is 0 Å². The van der Waals surface area contributed by atoms with Gasteiger partial charge in [-0.2, -0.15) is 0 Å². The van der Waals surface area contributed by atoms with Gasteiger partial charge in [-0.05, 0) is 41.0 Å². The van der Waals surface area contributed by atoms with Crippen LogP contribution in [0.5, 0.6) is 0 Å². The average molecular weight is 283 g/mol. The summed E-state index contributed by atoms with van der Waals surface area (Å²) >= 11 is 0. The molecule has 0 aliphatic carbocycles. The van der Waals surface area contributed by atoms with E-state index in [-0.39, 0.29) is 0 Å². The molecule has 0 aliphatic heterocycles. The van der Waals surface area contributed by atoms with E-state index in [1.807, 2.05) is 24.4 Å². The molecule has 3 aromatic rings. The largest absolute Gasteiger partial charge is 0.347 e. The van der Waals surface area contributed by atoms with Crippen molar-refractivity contribution in [2.45, 2.75) is 26.8 Å². The van der Waals surface area contributed by atoms with Gasteiger partial charge in [0.1, 0.15) is 0 Å². The predicted octanol–water partition coefficient (Wildman–Crippen LogP) is 2.68. The summed E-state index contributed by atoms with van der Waals surface area (Å²) in [5.74, 6) is 1.23. The standard InChI is InChI=1S/C15H17N5O/c1-10(2)5-6-20-8-12(9-21)13-7-11(3-4-14(13)20)15-16-18-19-17-15/h3-4,7-10H,5-6H2,1-2H3,(H,16,17,18,19). The SMILES string of the molecule is CC(C)CCn1cc(C=O)c2cc(-c3nnn[nH]3)ccc21. The first kappa shape index (κ1) is 13.5. The van der Waals surface area contributed by atoms with E-state index in [9.17, 15) is 4.79 Å². The maximum atomic E-state index is 11.3. The normalized spacial score (nSPS) is 11.4. The predicted molar refractivity (Wildman–Crippen MR) is 80.0 cm³/mol. The van der Waals surface area contributed by atoms with Gasteiger partial charge in [0.2, 0.25) is 0 Å². The molecule has 0 aliphatic rings. The molecule has 1 N–H and O–H groups in total. The van der Waals surface area contributed by atoms with Crippen LogP contribution in [0.1, 0.15) is 30.6 Å². The van der Waals surface area contributed by atoms with Crippen molar-refractivity contribution in [3.63, 3.8) is 0 Å². The molecule has 0 saturated heterocycles. The third-order valence-corrected chi connectivity index (χ3v) is 3.61. The Morgan fingerprint density at radius 1 is 1.38 bits per heavy atom. The number of aromatic nitrogens is 5. The Labute approximate surface area is 122 Å². The molecule has 6 heteroatoms. The number of hydrogen-bond donors (Lipinski definition) is 1. The fraction of sp³-hybridized carbons (Fsp3) is 0.333. The molecule has 0 amide bonds. The van der Waals surface area contributed by atoms with Gasteiger partial charge < -0.3 is 4.57 Å². The van der Waals surface area contributed by atoms with Gasteiger partial charge >= 0.3 is 0 Å². The Balaban J connectivity index is 2.06. The molecule has 3 rings (SSSR count). The van der Waals surface area contributed by atoms with Crippen LogP contribution in [0.25, 0.3) is 22.3 Å². The topological polar surface area (TPSA) is 76.5 Å². The van der Waals surface area contributed by atoms with Gasteiger partial charge in [0.15, 0.2) is 12.1 Å². The number of rotatable bonds is 5. The second-order valence-electron chi connectivity index (χ2n) is 5.56. The van der Waals surface area contributed by atoms with Crippen molar-refractivity contribution in [1.29, 1.82) is 0 Å². The first-order chi connectivity index (χ1) is 10.2. The quantitative estimate of drug-likeness (QED) is 0.730. The Bertz CT molecular complexity index is 758. The third-order valence-electron chi connectivity index (χ3n) is 3.61. The number of carbonyl (C=O) groups is 1. The number of aromatic amines is 1. The highest BCUT2D eigenvalue weighted by atomic mass is 16.1. The summed E-state index contributed by atoms with van der Waals surface area (Å²) < 4.78 is 2.14. The number of fused-ring (bicyclic) bond motifs is 1. The molecule has 21 heavy (non-hydrogen) atoms. The summed E-state index contributed by atoms with van der Waals surface area (Å²) in [5.41, 5.74) is 2.63. The van der Waals surface area contributed by atoms with Crippen molar-refractivity contribution in [3.05, 3.63) is 30.0 Å². The zero-order valence-corrected chi connectivity index (χ0v) is 12.1. The highest BCUT2D eigenvalue weighted by molar-refractivity contribution is 5.99. The van der Waals surface area contributed by atoms with Gasteiger partial charge in [-0.1, -0.05) is 13.8 Å². The molecule has 0 radical (unpaired) electrons. The Kier molecular flexibility index (Phi) is 3.51. The molecular weight excluding hydrogens is 266 g/mol. The summed E-state index contributed by atoms with van der Waals surface area (Å²) in [6, 6.07) is 5.93. The second-order valence-corrected chi connectivity index (χ2v) is 5.56. The van der Waals surface area contributed by atoms with E-state index in [4.69, 9.17) is 0 Å². The lowest BCUT2D eigenvalue weighted by Crippen LogP contribution is -1.99. The fourth-order valence-electron chi connectivity index (χ4n) is 2.43. The summed E-state index contributed by atoms with van der Waals surface area (Å²) in [5, 5.41) is 14.7. The number of aryl methyl sites for hydroxylation is 1. The lowest BCUT2D eigenvalue weighted by Gasteiger charge is -2.07. The van der Waals surface area contributed by atoms with Crippen LogP contribution in [0.3, 0.4) is 0 Å². The number of H-pyrrole nitrogens is 1. The molecule has 0 atom stereocenters. The lowest BCUT2D eigenvalue weighted by molar-refractivity contribution is 0.112. The highest BCUT2D eigenvalue weighted by Crippen LogP contribution is 2.26. The monoisotopic (exact) mass is 283 g/mol. The Hall–Kier alpha value is -2.50. The maximum absolute atomic E-state index is 11.3. The number of benzene rings is 1. The molecule has 0 fully saturated rings. The first-order valence-corrected chi connectivity index (χ1v) is 7.01. The van der Waals surface area contributed by atoms with E-state index < -0.39 is 0 Å². The van der Waals surface area contributed by atoms with Gasteiger partial charge in [-0.25, -0.2) is 5.10 Å². The molecule has 108 valence electrons. The minimum atomic E-state index is 0.601. The Morgan fingerprint density at radius 2 is 2.24 bits per heavy atom. The van der Waals surface area contributed by atoms with Gasteiger partial charge in [0.25, 0.3) is 0 Å². The lowest BCUT2D eigenvalue weighted by atomic mass is 10.1.